The van der Waals surface area contributed by atoms with Gasteiger partial charge in [-0.05, 0) is 60.6 Å². The van der Waals surface area contributed by atoms with Crippen LogP contribution in [0, 0.1) is 0 Å². The number of halogens is 1. The van der Waals surface area contributed by atoms with Crippen LogP contribution < -0.4 is 0 Å². The fraction of sp³-hybridized carbons (Fsp3) is 0.375. The van der Waals surface area contributed by atoms with Crippen molar-refractivity contribution < 1.29 is 8.42 Å². The summed E-state index contributed by atoms with van der Waals surface area (Å²) in [5.74, 6) is 0. The van der Waals surface area contributed by atoms with Gasteiger partial charge >= 0.3 is 0 Å². The molecule has 22 heavy (non-hydrogen) atoms. The van der Waals surface area contributed by atoms with E-state index < -0.39 is 9.84 Å². The van der Waals surface area contributed by atoms with Gasteiger partial charge in [0.1, 0.15) is 0 Å². The van der Waals surface area contributed by atoms with E-state index >= 15 is 0 Å². The normalized spacial score (nSPS) is 15.7. The lowest BCUT2D eigenvalue weighted by molar-refractivity contribution is 0.334. The van der Waals surface area contributed by atoms with Crippen molar-refractivity contribution in [1.82, 2.24) is 4.90 Å². The van der Waals surface area contributed by atoms with Gasteiger partial charge in [-0.3, -0.25) is 4.90 Å². The molecule has 3 nitrogen and oxygen atoms in total. The molecular formula is C16H20ClNO2S2. The molecule has 1 aromatic heterocycles. The second-order valence-electron chi connectivity index (χ2n) is 5.58. The number of sulfone groups is 1. The molecule has 6 heteroatoms. The molecule has 0 N–H and O–H groups in total. The highest BCUT2D eigenvalue weighted by Gasteiger charge is 2.13. The van der Waals surface area contributed by atoms with E-state index in [1.165, 1.54) is 42.6 Å². The Morgan fingerprint density at radius 2 is 1.73 bits per heavy atom. The Balaban J connectivity index is 0.00000176. The summed E-state index contributed by atoms with van der Waals surface area (Å²) in [6.07, 6.45) is 3.86. The highest BCUT2D eigenvalue weighted by atomic mass is 35.5. The first-order valence-corrected chi connectivity index (χ1v) is 9.90. The molecular weight excluding hydrogens is 338 g/mol. The smallest absolute Gasteiger partial charge is 0.175 e. The quantitative estimate of drug-likeness (QED) is 0.834. The summed E-state index contributed by atoms with van der Waals surface area (Å²) >= 11 is 1.78. The van der Waals surface area contributed by atoms with Crippen LogP contribution in [-0.2, 0) is 16.4 Å². The van der Waals surface area contributed by atoms with Crippen LogP contribution in [0.25, 0.3) is 11.1 Å². The zero-order valence-corrected chi connectivity index (χ0v) is 14.9. The van der Waals surface area contributed by atoms with E-state index in [0.717, 1.165) is 12.1 Å². The Morgan fingerprint density at radius 1 is 1.09 bits per heavy atom. The van der Waals surface area contributed by atoms with Crippen molar-refractivity contribution >= 4 is 33.6 Å². The molecule has 0 saturated carbocycles. The van der Waals surface area contributed by atoms with Crippen molar-refractivity contribution in [2.45, 2.75) is 24.3 Å². The molecule has 1 aromatic carbocycles. The lowest BCUT2D eigenvalue weighted by atomic mass is 10.1. The van der Waals surface area contributed by atoms with Crippen LogP contribution in [0.15, 0.2) is 40.6 Å². The Labute approximate surface area is 142 Å². The standard InChI is InChI=1S/C16H19NO2S2.ClH/c1-21(18,19)16-6-4-13(5-7-16)14-10-15(20-12-14)11-17-8-2-3-9-17;/h4-7,10,12H,2-3,8-9,11H2,1H3;1H. The molecule has 1 fully saturated rings. The summed E-state index contributed by atoms with van der Waals surface area (Å²) in [6, 6.07) is 9.36. The van der Waals surface area contributed by atoms with E-state index in [0.29, 0.717) is 4.90 Å². The van der Waals surface area contributed by atoms with Crippen LogP contribution in [0.5, 0.6) is 0 Å². The lowest BCUT2D eigenvalue weighted by Gasteiger charge is -2.12. The molecule has 0 spiro atoms. The van der Waals surface area contributed by atoms with Gasteiger partial charge in [0.05, 0.1) is 4.90 Å². The number of hydrogen-bond donors (Lipinski definition) is 0. The number of nitrogens with zero attached hydrogens (tertiary/aromatic N) is 1. The Hall–Kier alpha value is -0.880. The molecule has 120 valence electrons. The molecule has 0 amide bonds. The maximum Gasteiger partial charge on any atom is 0.175 e. The Bertz CT molecular complexity index is 717. The van der Waals surface area contributed by atoms with E-state index in [4.69, 9.17) is 0 Å². The van der Waals surface area contributed by atoms with Gasteiger partial charge in [0.15, 0.2) is 9.84 Å². The minimum Gasteiger partial charge on any atom is -0.298 e. The molecule has 1 aliphatic rings. The summed E-state index contributed by atoms with van der Waals surface area (Å²) in [5.41, 5.74) is 2.25. The monoisotopic (exact) mass is 357 g/mol. The zero-order valence-electron chi connectivity index (χ0n) is 12.5. The van der Waals surface area contributed by atoms with E-state index in [2.05, 4.69) is 16.3 Å². The second kappa shape index (κ2) is 7.13. The van der Waals surface area contributed by atoms with Gasteiger partial charge in [-0.1, -0.05) is 12.1 Å². The van der Waals surface area contributed by atoms with Crippen LogP contribution in [0.2, 0.25) is 0 Å². The highest BCUT2D eigenvalue weighted by Crippen LogP contribution is 2.28. The second-order valence-corrected chi connectivity index (χ2v) is 8.59. The van der Waals surface area contributed by atoms with Gasteiger partial charge < -0.3 is 0 Å². The van der Waals surface area contributed by atoms with Gasteiger partial charge in [0.2, 0.25) is 0 Å². The number of benzene rings is 1. The van der Waals surface area contributed by atoms with Crippen molar-refractivity contribution in [3.05, 3.63) is 40.6 Å². The summed E-state index contributed by atoms with van der Waals surface area (Å²) in [4.78, 5) is 4.24. The first-order valence-electron chi connectivity index (χ1n) is 7.13. The van der Waals surface area contributed by atoms with Gasteiger partial charge in [0, 0.05) is 17.7 Å². The topological polar surface area (TPSA) is 37.4 Å². The van der Waals surface area contributed by atoms with Crippen LogP contribution in [0.4, 0.5) is 0 Å². The molecule has 2 aromatic rings. The molecule has 0 atom stereocenters. The van der Waals surface area contributed by atoms with Crippen molar-refractivity contribution in [3.63, 3.8) is 0 Å². The third-order valence-electron chi connectivity index (χ3n) is 3.85. The molecule has 1 aliphatic heterocycles. The number of hydrogen-bond acceptors (Lipinski definition) is 4. The van der Waals surface area contributed by atoms with Crippen molar-refractivity contribution in [3.8, 4) is 11.1 Å². The average Bonchev–Trinajstić information content (AvgIpc) is 3.10. The van der Waals surface area contributed by atoms with Crippen LogP contribution in [0.1, 0.15) is 17.7 Å². The van der Waals surface area contributed by atoms with E-state index in [1.54, 1.807) is 23.5 Å². The third-order valence-corrected chi connectivity index (χ3v) is 5.90. The molecule has 2 heterocycles. The first kappa shape index (κ1) is 17.5. The van der Waals surface area contributed by atoms with Crippen LogP contribution in [0.3, 0.4) is 0 Å². The van der Waals surface area contributed by atoms with Gasteiger partial charge in [-0.15, -0.1) is 23.7 Å². The van der Waals surface area contributed by atoms with Crippen molar-refractivity contribution in [2.75, 3.05) is 19.3 Å². The zero-order chi connectivity index (χ0) is 14.9. The van der Waals surface area contributed by atoms with E-state index in [1.807, 2.05) is 12.1 Å². The summed E-state index contributed by atoms with van der Waals surface area (Å²) in [7, 11) is -3.12. The molecule has 0 bridgehead atoms. The number of rotatable bonds is 4. The highest BCUT2D eigenvalue weighted by molar-refractivity contribution is 7.90. The number of likely N-dealkylation sites (tertiary alicyclic amines) is 1. The molecule has 3 rings (SSSR count). The summed E-state index contributed by atoms with van der Waals surface area (Å²) in [6.45, 7) is 3.44. The number of thiophene rings is 1. The van der Waals surface area contributed by atoms with E-state index in [-0.39, 0.29) is 12.4 Å². The maximum atomic E-state index is 11.5. The molecule has 0 aliphatic carbocycles. The van der Waals surface area contributed by atoms with Crippen molar-refractivity contribution in [2.24, 2.45) is 0 Å². The largest absolute Gasteiger partial charge is 0.298 e. The van der Waals surface area contributed by atoms with Crippen LogP contribution in [-0.4, -0.2) is 32.7 Å². The Kier molecular flexibility index (Phi) is 5.66. The molecule has 0 unspecified atom stereocenters. The van der Waals surface area contributed by atoms with E-state index in [9.17, 15) is 8.42 Å². The molecule has 1 saturated heterocycles. The predicted molar refractivity (Wildman–Crippen MR) is 94.6 cm³/mol. The Morgan fingerprint density at radius 3 is 2.32 bits per heavy atom. The lowest BCUT2D eigenvalue weighted by Crippen LogP contribution is -2.17. The predicted octanol–water partition coefficient (Wildman–Crippen LogP) is 3.84. The minimum atomic E-state index is -3.12. The average molecular weight is 358 g/mol. The fourth-order valence-corrected chi connectivity index (χ4v) is 4.24. The maximum absolute atomic E-state index is 11.5. The SMILES string of the molecule is CS(=O)(=O)c1ccc(-c2csc(CN3CCCC3)c2)cc1.Cl. The fourth-order valence-electron chi connectivity index (χ4n) is 2.67. The minimum absolute atomic E-state index is 0. The van der Waals surface area contributed by atoms with Gasteiger partial charge in [0.25, 0.3) is 0 Å². The van der Waals surface area contributed by atoms with Crippen LogP contribution >= 0.6 is 23.7 Å². The summed E-state index contributed by atoms with van der Waals surface area (Å²) in [5, 5.41) is 2.15. The third kappa shape index (κ3) is 4.10. The van der Waals surface area contributed by atoms with Gasteiger partial charge in [-0.25, -0.2) is 8.42 Å². The first-order chi connectivity index (χ1) is 10.0. The summed E-state index contributed by atoms with van der Waals surface area (Å²) < 4.78 is 22.9. The van der Waals surface area contributed by atoms with Gasteiger partial charge in [-0.2, -0.15) is 0 Å². The van der Waals surface area contributed by atoms with Crippen molar-refractivity contribution in [1.29, 1.82) is 0 Å². The molecule has 0 radical (unpaired) electrons.